The molecule has 56 valence electrons. The molecule has 0 aromatic rings. The van der Waals surface area contributed by atoms with E-state index in [1.165, 1.54) is 25.7 Å². The zero-order valence-corrected chi connectivity index (χ0v) is 6.56. The smallest absolute Gasteiger partial charge is 0.0347 e. The number of hydrogen-bond acceptors (Lipinski definition) is 1. The summed E-state index contributed by atoms with van der Waals surface area (Å²) in [6.45, 7) is 2.34. The molecule has 1 heterocycles. The van der Waals surface area contributed by atoms with Gasteiger partial charge >= 0.3 is 0 Å². The minimum Gasteiger partial charge on any atom is -0.305 e. The highest BCUT2D eigenvalue weighted by Gasteiger charge is 2.69. The van der Waals surface area contributed by atoms with Crippen LogP contribution in [0.1, 0.15) is 32.6 Å². The summed E-state index contributed by atoms with van der Waals surface area (Å²) in [7, 11) is 0. The van der Waals surface area contributed by atoms with Crippen molar-refractivity contribution in [2.75, 3.05) is 0 Å². The second kappa shape index (κ2) is 1.42. The Balaban J connectivity index is 1.79. The van der Waals surface area contributed by atoms with Crippen molar-refractivity contribution >= 4 is 0 Å². The third kappa shape index (κ3) is 0.460. The molecule has 4 atom stereocenters. The van der Waals surface area contributed by atoms with E-state index in [0.29, 0.717) is 5.54 Å². The molecular weight excluding hydrogens is 122 g/mol. The van der Waals surface area contributed by atoms with Crippen molar-refractivity contribution in [2.24, 2.45) is 11.8 Å². The molecule has 10 heavy (non-hydrogen) atoms. The fraction of sp³-hybridized carbons (Fsp3) is 1.00. The van der Waals surface area contributed by atoms with E-state index in [0.717, 1.165) is 17.9 Å². The molecule has 1 N–H and O–H groups in total. The van der Waals surface area contributed by atoms with Crippen LogP contribution in [0, 0.1) is 11.8 Å². The molecule has 3 saturated carbocycles. The van der Waals surface area contributed by atoms with Crippen LogP contribution in [0.4, 0.5) is 0 Å². The summed E-state index contributed by atoms with van der Waals surface area (Å²) < 4.78 is 0. The zero-order valence-electron chi connectivity index (χ0n) is 6.56. The minimum atomic E-state index is 0.712. The molecule has 1 aliphatic heterocycles. The summed E-state index contributed by atoms with van der Waals surface area (Å²) in [5.74, 6) is 2.14. The van der Waals surface area contributed by atoms with Crippen LogP contribution in [0.3, 0.4) is 0 Å². The number of hydrogen-bond donors (Lipinski definition) is 1. The fourth-order valence-corrected chi connectivity index (χ4v) is 3.27. The first-order chi connectivity index (χ1) is 4.84. The first kappa shape index (κ1) is 5.59. The van der Waals surface area contributed by atoms with E-state index in [1.54, 1.807) is 0 Å². The molecule has 0 amide bonds. The highest BCUT2D eigenvalue weighted by Crippen LogP contribution is 2.61. The molecule has 1 unspecified atom stereocenters. The van der Waals surface area contributed by atoms with Gasteiger partial charge in [-0.1, -0.05) is 13.3 Å². The Kier molecular flexibility index (Phi) is 0.797. The van der Waals surface area contributed by atoms with Crippen LogP contribution < -0.4 is 5.32 Å². The average Bonchev–Trinajstić information content (AvgIpc) is 2.57. The monoisotopic (exact) mass is 137 g/mol. The lowest BCUT2D eigenvalue weighted by Gasteiger charge is -2.42. The van der Waals surface area contributed by atoms with E-state index in [2.05, 4.69) is 12.2 Å². The molecule has 1 heteroatoms. The predicted octanol–water partition coefficient (Wildman–Crippen LogP) is 1.54. The lowest BCUT2D eigenvalue weighted by molar-refractivity contribution is 0.140. The summed E-state index contributed by atoms with van der Waals surface area (Å²) in [4.78, 5) is 0. The maximum atomic E-state index is 3.65. The van der Waals surface area contributed by atoms with E-state index >= 15 is 0 Å². The molecule has 0 radical (unpaired) electrons. The van der Waals surface area contributed by atoms with Crippen molar-refractivity contribution in [3.63, 3.8) is 0 Å². The highest BCUT2D eigenvalue weighted by atomic mass is 15.3. The van der Waals surface area contributed by atoms with Crippen LogP contribution in [-0.2, 0) is 0 Å². The summed E-state index contributed by atoms with van der Waals surface area (Å²) in [6, 6.07) is 0.982. The molecule has 4 rings (SSSR count). The maximum absolute atomic E-state index is 3.65. The van der Waals surface area contributed by atoms with Gasteiger partial charge in [-0.25, -0.2) is 0 Å². The van der Waals surface area contributed by atoms with Crippen LogP contribution >= 0.6 is 0 Å². The molecule has 1 spiro atoms. The van der Waals surface area contributed by atoms with Crippen molar-refractivity contribution in [2.45, 2.75) is 44.2 Å². The lowest BCUT2D eigenvalue weighted by atomic mass is 9.61. The van der Waals surface area contributed by atoms with E-state index in [4.69, 9.17) is 0 Å². The first-order valence-corrected chi connectivity index (χ1v) is 4.62. The highest BCUT2D eigenvalue weighted by molar-refractivity contribution is 5.29. The lowest BCUT2D eigenvalue weighted by Crippen LogP contribution is -2.43. The second-order valence-corrected chi connectivity index (χ2v) is 4.46. The van der Waals surface area contributed by atoms with Gasteiger partial charge in [-0.15, -0.1) is 0 Å². The molecule has 0 aromatic heterocycles. The van der Waals surface area contributed by atoms with Crippen LogP contribution in [0.2, 0.25) is 0 Å². The Morgan fingerprint density at radius 1 is 1.50 bits per heavy atom. The fourth-order valence-electron chi connectivity index (χ4n) is 3.27. The average molecular weight is 137 g/mol. The molecule has 2 bridgehead atoms. The zero-order chi connectivity index (χ0) is 6.77. The van der Waals surface area contributed by atoms with Gasteiger partial charge in [0.25, 0.3) is 0 Å². The van der Waals surface area contributed by atoms with Gasteiger partial charge in [0.05, 0.1) is 0 Å². The summed E-state index contributed by atoms with van der Waals surface area (Å²) >= 11 is 0. The van der Waals surface area contributed by atoms with Crippen LogP contribution in [0.5, 0.6) is 0 Å². The van der Waals surface area contributed by atoms with E-state index in [1.807, 2.05) is 0 Å². The first-order valence-electron chi connectivity index (χ1n) is 4.62. The topological polar surface area (TPSA) is 21.9 Å². The summed E-state index contributed by atoms with van der Waals surface area (Å²) in [5, 5.41) is 3.65. The van der Waals surface area contributed by atoms with Gasteiger partial charge in [0, 0.05) is 11.6 Å². The van der Waals surface area contributed by atoms with Gasteiger partial charge in [-0.3, -0.25) is 0 Å². The quantitative estimate of drug-likeness (QED) is 0.544. The van der Waals surface area contributed by atoms with Crippen molar-refractivity contribution in [3.8, 4) is 0 Å². The third-order valence-corrected chi connectivity index (χ3v) is 3.92. The van der Waals surface area contributed by atoms with Gasteiger partial charge in [-0.05, 0) is 31.1 Å². The number of fused-ring (bicyclic) bond motifs is 2. The van der Waals surface area contributed by atoms with E-state index < -0.39 is 0 Å². The van der Waals surface area contributed by atoms with Crippen LogP contribution in [0.15, 0.2) is 0 Å². The molecule has 1 saturated heterocycles. The van der Waals surface area contributed by atoms with Crippen LogP contribution in [-0.4, -0.2) is 11.6 Å². The van der Waals surface area contributed by atoms with Gasteiger partial charge < -0.3 is 5.32 Å². The Morgan fingerprint density at radius 2 is 2.40 bits per heavy atom. The Labute approximate surface area is 62.2 Å². The van der Waals surface area contributed by atoms with Gasteiger partial charge in [0.2, 0.25) is 0 Å². The summed E-state index contributed by atoms with van der Waals surface area (Å²) in [6.07, 6.45) is 5.93. The molecular formula is C9H15N. The van der Waals surface area contributed by atoms with Crippen molar-refractivity contribution in [1.29, 1.82) is 0 Å². The van der Waals surface area contributed by atoms with Crippen LogP contribution in [0.25, 0.3) is 0 Å². The molecule has 0 aromatic carbocycles. The largest absolute Gasteiger partial charge is 0.305 e. The second-order valence-electron chi connectivity index (χ2n) is 4.46. The van der Waals surface area contributed by atoms with Gasteiger partial charge in [0.15, 0.2) is 0 Å². The molecule has 4 aliphatic rings. The normalized spacial score (nSPS) is 62.7. The Morgan fingerprint density at radius 3 is 3.00 bits per heavy atom. The summed E-state index contributed by atoms with van der Waals surface area (Å²) in [5.41, 5.74) is 0.712. The number of nitrogens with one attached hydrogen (secondary N) is 1. The molecule has 4 fully saturated rings. The third-order valence-electron chi connectivity index (χ3n) is 3.92. The van der Waals surface area contributed by atoms with Crippen molar-refractivity contribution in [3.05, 3.63) is 0 Å². The molecule has 3 aliphatic carbocycles. The van der Waals surface area contributed by atoms with Gasteiger partial charge in [0.1, 0.15) is 0 Å². The SMILES string of the molecule is CCC1C[C@@H]2C[C@@]3(C1)N[C@@H]23. The van der Waals surface area contributed by atoms with E-state index in [-0.39, 0.29) is 0 Å². The minimum absolute atomic E-state index is 0.712. The predicted molar refractivity (Wildman–Crippen MR) is 40.8 cm³/mol. The van der Waals surface area contributed by atoms with E-state index in [9.17, 15) is 0 Å². The van der Waals surface area contributed by atoms with Crippen molar-refractivity contribution < 1.29 is 0 Å². The molecule has 1 nitrogen and oxygen atoms in total. The maximum Gasteiger partial charge on any atom is 0.0347 e. The standard InChI is InChI=1S/C9H15N/c1-2-6-3-7-5-9(4-6)8(7)10-9/h6-8,10H,2-5H2,1H3/t6?,7-,8+,9-/m1/s1. The Hall–Kier alpha value is -0.0400. The Bertz CT molecular complexity index is 178. The van der Waals surface area contributed by atoms with Crippen molar-refractivity contribution in [1.82, 2.24) is 5.32 Å². The number of rotatable bonds is 1. The van der Waals surface area contributed by atoms with Gasteiger partial charge in [-0.2, -0.15) is 0 Å².